The van der Waals surface area contributed by atoms with Crippen LogP contribution in [0.25, 0.3) is 11.3 Å². The number of carbonyl (C=O) groups excluding carboxylic acids is 2. The number of aromatic nitrogens is 2. The minimum Gasteiger partial charge on any atom is -0.314 e. The summed E-state index contributed by atoms with van der Waals surface area (Å²) in [6.07, 6.45) is 0. The van der Waals surface area contributed by atoms with E-state index in [1.807, 2.05) is 24.3 Å². The second kappa shape index (κ2) is 2.94. The van der Waals surface area contributed by atoms with Crippen LogP contribution in [-0.4, -0.2) is 20.7 Å². The molecule has 0 bridgehead atoms. The first-order chi connectivity index (χ1) is 8.73. The van der Waals surface area contributed by atoms with Crippen LogP contribution < -0.4 is 10.6 Å². The Morgan fingerprint density at radius 3 is 2.78 bits per heavy atom. The average Bonchev–Trinajstić information content (AvgIpc) is 2.99. The van der Waals surface area contributed by atoms with Gasteiger partial charge < -0.3 is 5.32 Å². The topological polar surface area (TPSA) is 84.0 Å². The minimum atomic E-state index is -1.20. The van der Waals surface area contributed by atoms with Crippen molar-refractivity contribution in [2.45, 2.75) is 5.54 Å². The SMILES string of the molecule is O=C1NC(=O)C2(N1)c1ccccc1-c1nsnc12. The number of rotatable bonds is 0. The Kier molecular flexibility index (Phi) is 1.59. The molecule has 0 saturated carbocycles. The summed E-state index contributed by atoms with van der Waals surface area (Å²) in [4.78, 5) is 23.6. The number of amides is 3. The molecule has 2 aromatic rings. The highest BCUT2D eigenvalue weighted by Crippen LogP contribution is 2.47. The zero-order valence-electron chi connectivity index (χ0n) is 8.93. The third kappa shape index (κ3) is 0.898. The molecule has 2 aliphatic rings. The first-order valence-corrected chi connectivity index (χ1v) is 6.03. The lowest BCUT2D eigenvalue weighted by Gasteiger charge is -2.20. The molecular formula is C11H6N4O2S. The number of fused-ring (bicyclic) bond motifs is 5. The fourth-order valence-corrected chi connectivity index (χ4v) is 3.18. The van der Waals surface area contributed by atoms with E-state index in [1.54, 1.807) is 0 Å². The lowest BCUT2D eigenvalue weighted by Crippen LogP contribution is -2.43. The molecule has 0 radical (unpaired) electrons. The molecule has 6 nitrogen and oxygen atoms in total. The summed E-state index contributed by atoms with van der Waals surface area (Å²) in [6, 6.07) is 6.88. The van der Waals surface area contributed by atoms with Gasteiger partial charge in [0.15, 0.2) is 5.54 Å². The van der Waals surface area contributed by atoms with Crippen LogP contribution in [0.3, 0.4) is 0 Å². The van der Waals surface area contributed by atoms with Crippen LogP contribution in [-0.2, 0) is 10.3 Å². The second-order valence-corrected chi connectivity index (χ2v) is 4.69. The Balaban J connectivity index is 2.12. The van der Waals surface area contributed by atoms with E-state index in [1.165, 1.54) is 0 Å². The van der Waals surface area contributed by atoms with E-state index in [0.29, 0.717) is 11.4 Å². The number of nitrogens with one attached hydrogen (secondary N) is 2. The van der Waals surface area contributed by atoms with E-state index in [9.17, 15) is 9.59 Å². The van der Waals surface area contributed by atoms with Gasteiger partial charge in [0.05, 0.1) is 11.7 Å². The Morgan fingerprint density at radius 2 is 2.00 bits per heavy atom. The van der Waals surface area contributed by atoms with E-state index >= 15 is 0 Å². The van der Waals surface area contributed by atoms with Crippen molar-refractivity contribution in [3.05, 3.63) is 35.5 Å². The number of hydrogen-bond acceptors (Lipinski definition) is 5. The first-order valence-electron chi connectivity index (χ1n) is 5.30. The van der Waals surface area contributed by atoms with Crippen molar-refractivity contribution in [2.24, 2.45) is 0 Å². The molecule has 1 aliphatic heterocycles. The van der Waals surface area contributed by atoms with Crippen LogP contribution in [0.2, 0.25) is 0 Å². The summed E-state index contributed by atoms with van der Waals surface area (Å²) in [5.41, 5.74) is 1.56. The quantitative estimate of drug-likeness (QED) is 0.678. The Morgan fingerprint density at radius 1 is 1.17 bits per heavy atom. The highest BCUT2D eigenvalue weighted by Gasteiger charge is 2.57. The van der Waals surface area contributed by atoms with Crippen molar-refractivity contribution in [3.63, 3.8) is 0 Å². The maximum atomic E-state index is 12.2. The van der Waals surface area contributed by atoms with Crippen LogP contribution in [0.4, 0.5) is 4.79 Å². The largest absolute Gasteiger partial charge is 0.322 e. The van der Waals surface area contributed by atoms with E-state index in [0.717, 1.165) is 22.9 Å². The van der Waals surface area contributed by atoms with Gasteiger partial charge in [0.1, 0.15) is 11.4 Å². The van der Waals surface area contributed by atoms with Gasteiger partial charge >= 0.3 is 6.03 Å². The summed E-state index contributed by atoms with van der Waals surface area (Å²) < 4.78 is 8.40. The first kappa shape index (κ1) is 9.72. The van der Waals surface area contributed by atoms with Gasteiger partial charge in [-0.25, -0.2) is 4.79 Å². The molecule has 18 heavy (non-hydrogen) atoms. The summed E-state index contributed by atoms with van der Waals surface area (Å²) in [6.45, 7) is 0. The predicted octanol–water partition coefficient (Wildman–Crippen LogP) is 0.601. The van der Waals surface area contributed by atoms with Crippen LogP contribution in [0, 0.1) is 0 Å². The second-order valence-electron chi connectivity index (χ2n) is 4.17. The summed E-state index contributed by atoms with van der Waals surface area (Å²) in [5, 5.41) is 4.95. The number of urea groups is 1. The third-order valence-corrected chi connectivity index (χ3v) is 3.83. The molecule has 1 spiro atoms. The highest BCUT2D eigenvalue weighted by molar-refractivity contribution is 6.99. The highest BCUT2D eigenvalue weighted by atomic mass is 32.1. The van der Waals surface area contributed by atoms with Gasteiger partial charge in [-0.3, -0.25) is 10.1 Å². The van der Waals surface area contributed by atoms with Crippen molar-refractivity contribution in [2.75, 3.05) is 0 Å². The number of imide groups is 1. The fourth-order valence-electron chi connectivity index (χ4n) is 2.57. The molecular weight excluding hydrogens is 252 g/mol. The van der Waals surface area contributed by atoms with Crippen molar-refractivity contribution >= 4 is 23.7 Å². The fraction of sp³-hybridized carbons (Fsp3) is 0.0909. The van der Waals surface area contributed by atoms with Crippen LogP contribution in [0.1, 0.15) is 11.3 Å². The molecule has 1 aliphatic carbocycles. The molecule has 1 atom stereocenters. The molecule has 1 unspecified atom stereocenters. The van der Waals surface area contributed by atoms with Crippen molar-refractivity contribution in [1.29, 1.82) is 0 Å². The maximum Gasteiger partial charge on any atom is 0.322 e. The molecule has 4 rings (SSSR count). The van der Waals surface area contributed by atoms with E-state index in [4.69, 9.17) is 0 Å². The number of nitrogens with zero attached hydrogens (tertiary/aromatic N) is 2. The van der Waals surface area contributed by atoms with Gasteiger partial charge in [0.25, 0.3) is 5.91 Å². The Hall–Kier alpha value is -2.28. The predicted molar refractivity (Wildman–Crippen MR) is 62.8 cm³/mol. The number of benzene rings is 1. The molecule has 2 heterocycles. The van der Waals surface area contributed by atoms with Gasteiger partial charge in [0.2, 0.25) is 0 Å². The monoisotopic (exact) mass is 258 g/mol. The molecule has 1 aromatic heterocycles. The third-order valence-electron chi connectivity index (χ3n) is 3.30. The standard InChI is InChI=1S/C11H6N4O2S/c16-9-11(13-10(17)12-9)6-4-2-1-3-5(6)7-8(11)15-18-14-7/h1-4H,(H2,12,13,16,17). The van der Waals surface area contributed by atoms with E-state index < -0.39 is 17.5 Å². The normalized spacial score (nSPS) is 23.8. The molecule has 1 saturated heterocycles. The molecule has 3 amide bonds. The smallest absolute Gasteiger partial charge is 0.314 e. The number of hydrogen-bond donors (Lipinski definition) is 2. The summed E-state index contributed by atoms with van der Waals surface area (Å²) >= 11 is 1.04. The van der Waals surface area contributed by atoms with Crippen molar-refractivity contribution < 1.29 is 9.59 Å². The Bertz CT molecular complexity index is 711. The minimum absolute atomic E-state index is 0.397. The molecule has 88 valence electrons. The Labute approximate surface area is 105 Å². The maximum absolute atomic E-state index is 12.2. The average molecular weight is 258 g/mol. The van der Waals surface area contributed by atoms with Gasteiger partial charge in [-0.1, -0.05) is 24.3 Å². The van der Waals surface area contributed by atoms with E-state index in [2.05, 4.69) is 19.4 Å². The molecule has 7 heteroatoms. The van der Waals surface area contributed by atoms with Crippen LogP contribution in [0.5, 0.6) is 0 Å². The summed E-state index contributed by atoms with van der Waals surface area (Å²) in [7, 11) is 0. The van der Waals surface area contributed by atoms with Gasteiger partial charge in [-0.15, -0.1) is 0 Å². The van der Waals surface area contributed by atoms with Gasteiger partial charge in [-0.05, 0) is 0 Å². The van der Waals surface area contributed by atoms with Crippen LogP contribution >= 0.6 is 11.7 Å². The van der Waals surface area contributed by atoms with Crippen LogP contribution in [0.15, 0.2) is 24.3 Å². The van der Waals surface area contributed by atoms with Crippen molar-refractivity contribution in [3.8, 4) is 11.3 Å². The summed E-state index contributed by atoms with van der Waals surface area (Å²) in [5.74, 6) is -0.397. The molecule has 1 fully saturated rings. The van der Waals surface area contributed by atoms with Gasteiger partial charge in [0, 0.05) is 11.1 Å². The molecule has 2 N–H and O–H groups in total. The zero-order chi connectivity index (χ0) is 12.3. The zero-order valence-corrected chi connectivity index (χ0v) is 9.75. The van der Waals surface area contributed by atoms with E-state index in [-0.39, 0.29) is 0 Å². The molecule has 1 aromatic carbocycles. The lowest BCUT2D eigenvalue weighted by molar-refractivity contribution is -0.122. The van der Waals surface area contributed by atoms with Crippen molar-refractivity contribution in [1.82, 2.24) is 19.4 Å². The lowest BCUT2D eigenvalue weighted by atomic mass is 9.91. The number of carbonyl (C=O) groups is 2. The van der Waals surface area contributed by atoms with Gasteiger partial charge in [-0.2, -0.15) is 8.75 Å².